The van der Waals surface area contributed by atoms with E-state index in [0.29, 0.717) is 22.7 Å². The van der Waals surface area contributed by atoms with Gasteiger partial charge in [-0.1, -0.05) is 76.8 Å². The molecule has 2 aromatic carbocycles. The van der Waals surface area contributed by atoms with E-state index in [9.17, 15) is 18.0 Å². The van der Waals surface area contributed by atoms with Crippen molar-refractivity contribution in [2.24, 2.45) is 0 Å². The fraction of sp³-hybridized carbons (Fsp3) is 0.200. The molecule has 1 unspecified atom stereocenters. The number of halogens is 7. The summed E-state index contributed by atoms with van der Waals surface area (Å²) >= 11 is 24.0. The molecule has 178 valence electrons. The number of carbonyl (C=O) groups is 1. The zero-order valence-electron chi connectivity index (χ0n) is 17.6. The minimum absolute atomic E-state index is 0.00197. The predicted octanol–water partition coefficient (Wildman–Crippen LogP) is 8.80. The summed E-state index contributed by atoms with van der Waals surface area (Å²) in [6.45, 7) is 0. The molecule has 0 fully saturated rings. The number of aromatic nitrogens is 1. The molecule has 0 saturated carbocycles. The lowest BCUT2D eigenvalue weighted by atomic mass is 9.96. The van der Waals surface area contributed by atoms with Gasteiger partial charge in [-0.05, 0) is 53.4 Å². The third-order valence-corrected chi connectivity index (χ3v) is 6.60. The molecule has 2 nitrogen and oxygen atoms in total. The molecular weight excluding hydrogens is 529 g/mol. The van der Waals surface area contributed by atoms with E-state index >= 15 is 0 Å². The van der Waals surface area contributed by atoms with Gasteiger partial charge in [0.15, 0.2) is 0 Å². The van der Waals surface area contributed by atoms with Gasteiger partial charge in [0, 0.05) is 29.8 Å². The summed E-state index contributed by atoms with van der Waals surface area (Å²) in [5.74, 6) is -1.92. The number of hydrogen-bond donors (Lipinski definition) is 0. The molecule has 0 aliphatic heterocycles. The van der Waals surface area contributed by atoms with Crippen molar-refractivity contribution in [1.29, 1.82) is 0 Å². The topological polar surface area (TPSA) is 30.0 Å². The maximum Gasteiger partial charge on any atom is 0.399 e. The average molecular weight is 547 g/mol. The monoisotopic (exact) mass is 545 g/mol. The van der Waals surface area contributed by atoms with E-state index in [-0.39, 0.29) is 39.3 Å². The van der Waals surface area contributed by atoms with Crippen molar-refractivity contribution >= 4 is 58.3 Å². The molecule has 1 heterocycles. The number of ketones is 1. The number of benzene rings is 2. The standard InChI is InChI=1S/C25H18Cl4F3NO/c26-21-11-15(4-6-16(21)7-8-19(34)14-18-3-1-2-10-33-18)5-9-20(25(30,31)32)17-12-22(27)24(29)23(28)13-17/h1-6,9-13,20H,7-8,14H2/b9-5+. The first kappa shape index (κ1) is 26.6. The highest BCUT2D eigenvalue weighted by molar-refractivity contribution is 6.48. The first-order valence-corrected chi connectivity index (χ1v) is 11.6. The molecule has 0 N–H and O–H groups in total. The lowest BCUT2D eigenvalue weighted by molar-refractivity contribution is -0.139. The third-order valence-electron chi connectivity index (χ3n) is 5.05. The number of hydrogen-bond acceptors (Lipinski definition) is 2. The fourth-order valence-electron chi connectivity index (χ4n) is 3.31. The number of nitrogens with zero attached hydrogens (tertiary/aromatic N) is 1. The Morgan fingerprint density at radius 2 is 1.68 bits per heavy atom. The van der Waals surface area contributed by atoms with Gasteiger partial charge in [-0.2, -0.15) is 13.2 Å². The maximum absolute atomic E-state index is 13.7. The number of Topliss-reactive ketones (excluding diaryl/α,β-unsaturated/α-hetero) is 1. The van der Waals surface area contributed by atoms with Gasteiger partial charge in [0.2, 0.25) is 0 Å². The zero-order chi connectivity index (χ0) is 24.9. The quantitative estimate of drug-likeness (QED) is 0.264. The van der Waals surface area contributed by atoms with Crippen molar-refractivity contribution in [2.45, 2.75) is 31.4 Å². The largest absolute Gasteiger partial charge is 0.399 e. The van der Waals surface area contributed by atoms with Gasteiger partial charge in [-0.3, -0.25) is 9.78 Å². The molecule has 0 aliphatic rings. The van der Waals surface area contributed by atoms with Gasteiger partial charge in [-0.25, -0.2) is 0 Å². The number of rotatable bonds is 8. The average Bonchev–Trinajstić information content (AvgIpc) is 2.76. The second-order valence-corrected chi connectivity index (χ2v) is 9.16. The van der Waals surface area contributed by atoms with Crippen LogP contribution in [-0.4, -0.2) is 16.9 Å². The van der Waals surface area contributed by atoms with E-state index in [4.69, 9.17) is 46.4 Å². The van der Waals surface area contributed by atoms with Gasteiger partial charge in [-0.15, -0.1) is 0 Å². The minimum Gasteiger partial charge on any atom is -0.299 e. The molecule has 9 heteroatoms. The predicted molar refractivity (Wildman–Crippen MR) is 132 cm³/mol. The number of carbonyl (C=O) groups excluding carboxylic acids is 1. The normalized spacial score (nSPS) is 12.8. The summed E-state index contributed by atoms with van der Waals surface area (Å²) in [6, 6.07) is 12.6. The molecule has 0 aliphatic carbocycles. The molecule has 1 atom stereocenters. The molecule has 0 spiro atoms. The minimum atomic E-state index is -4.57. The van der Waals surface area contributed by atoms with Crippen molar-refractivity contribution in [3.63, 3.8) is 0 Å². The van der Waals surface area contributed by atoms with E-state index in [1.54, 1.807) is 36.5 Å². The second-order valence-electron chi connectivity index (χ2n) is 7.56. The van der Waals surface area contributed by atoms with Gasteiger partial charge >= 0.3 is 6.18 Å². The van der Waals surface area contributed by atoms with Crippen LogP contribution >= 0.6 is 46.4 Å². The Morgan fingerprint density at radius 1 is 0.971 bits per heavy atom. The molecular formula is C25H18Cl4F3NO. The Hall–Kier alpha value is -2.05. The summed E-state index contributed by atoms with van der Waals surface area (Å²) in [6.07, 6.45) is 0.325. The van der Waals surface area contributed by atoms with E-state index in [1.807, 2.05) is 6.07 Å². The van der Waals surface area contributed by atoms with Crippen LogP contribution in [0.25, 0.3) is 6.08 Å². The van der Waals surface area contributed by atoms with Crippen molar-refractivity contribution in [3.8, 4) is 0 Å². The Bertz CT molecular complexity index is 1170. The number of alkyl halides is 3. The Morgan fingerprint density at radius 3 is 2.26 bits per heavy atom. The highest BCUT2D eigenvalue weighted by Gasteiger charge is 2.39. The molecule has 0 bridgehead atoms. The van der Waals surface area contributed by atoms with Crippen LogP contribution < -0.4 is 0 Å². The number of aryl methyl sites for hydroxylation is 1. The molecule has 0 amide bonds. The van der Waals surface area contributed by atoms with E-state index in [1.165, 1.54) is 6.08 Å². The highest BCUT2D eigenvalue weighted by Crippen LogP contribution is 2.41. The summed E-state index contributed by atoms with van der Waals surface area (Å²) in [7, 11) is 0. The molecule has 0 saturated heterocycles. The molecule has 1 aromatic heterocycles. The maximum atomic E-state index is 13.7. The highest BCUT2D eigenvalue weighted by atomic mass is 35.5. The molecule has 3 aromatic rings. The summed E-state index contributed by atoms with van der Waals surface area (Å²) in [4.78, 5) is 16.3. The Labute approximate surface area is 215 Å². The SMILES string of the molecule is O=C(CCc1ccc(/C=C/C(c2cc(Cl)c(Cl)c(Cl)c2)C(F)(F)F)cc1Cl)Cc1ccccn1. The van der Waals surface area contributed by atoms with Crippen LogP contribution in [0.1, 0.15) is 34.7 Å². The lowest BCUT2D eigenvalue weighted by Gasteiger charge is -2.18. The number of allylic oxidation sites excluding steroid dienone is 1. The number of pyridine rings is 1. The molecule has 3 rings (SSSR count). The summed E-state index contributed by atoms with van der Waals surface area (Å²) < 4.78 is 41.1. The van der Waals surface area contributed by atoms with Gasteiger partial charge < -0.3 is 0 Å². The smallest absolute Gasteiger partial charge is 0.299 e. The van der Waals surface area contributed by atoms with Gasteiger partial charge in [0.05, 0.1) is 21.0 Å². The van der Waals surface area contributed by atoms with Crippen LogP contribution in [0.3, 0.4) is 0 Å². The summed E-state index contributed by atoms with van der Waals surface area (Å²) in [5.41, 5.74) is 1.78. The van der Waals surface area contributed by atoms with Crippen LogP contribution in [0.4, 0.5) is 13.2 Å². The van der Waals surface area contributed by atoms with Crippen molar-refractivity contribution in [3.05, 3.63) is 103 Å². The first-order chi connectivity index (χ1) is 16.0. The van der Waals surface area contributed by atoms with Crippen molar-refractivity contribution in [2.75, 3.05) is 0 Å². The first-order valence-electron chi connectivity index (χ1n) is 10.1. The van der Waals surface area contributed by atoms with Crippen LogP contribution in [0.2, 0.25) is 20.1 Å². The Balaban J connectivity index is 1.71. The molecule has 34 heavy (non-hydrogen) atoms. The van der Waals surface area contributed by atoms with Crippen LogP contribution in [0.15, 0.2) is 60.8 Å². The lowest BCUT2D eigenvalue weighted by Crippen LogP contribution is -2.19. The van der Waals surface area contributed by atoms with Crippen molar-refractivity contribution < 1.29 is 18.0 Å². The van der Waals surface area contributed by atoms with E-state index in [0.717, 1.165) is 23.8 Å². The zero-order valence-corrected chi connectivity index (χ0v) is 20.6. The second kappa shape index (κ2) is 11.6. The summed E-state index contributed by atoms with van der Waals surface area (Å²) in [5, 5.41) is 0.250. The van der Waals surface area contributed by atoms with Crippen molar-refractivity contribution in [1.82, 2.24) is 4.98 Å². The molecule has 0 radical (unpaired) electrons. The third kappa shape index (κ3) is 7.22. The fourth-order valence-corrected chi connectivity index (χ4v) is 4.20. The Kier molecular flexibility index (Phi) is 9.05. The van der Waals surface area contributed by atoms with Gasteiger partial charge in [0.1, 0.15) is 5.78 Å². The van der Waals surface area contributed by atoms with Crippen LogP contribution in [0.5, 0.6) is 0 Å². The van der Waals surface area contributed by atoms with Crippen LogP contribution in [-0.2, 0) is 17.6 Å². The van der Waals surface area contributed by atoms with Crippen LogP contribution in [0, 0.1) is 0 Å². The van der Waals surface area contributed by atoms with Gasteiger partial charge in [0.25, 0.3) is 0 Å². The van der Waals surface area contributed by atoms with E-state index in [2.05, 4.69) is 4.98 Å². The van der Waals surface area contributed by atoms with E-state index < -0.39 is 12.1 Å².